The zero-order valence-electron chi connectivity index (χ0n) is 12.4. The molecule has 0 unspecified atom stereocenters. The van der Waals surface area contributed by atoms with Gasteiger partial charge in [-0.3, -0.25) is 9.59 Å². The molecule has 1 fully saturated rings. The van der Waals surface area contributed by atoms with Gasteiger partial charge in [-0.1, -0.05) is 20.8 Å². The lowest BCUT2D eigenvalue weighted by atomic mass is 10.0. The van der Waals surface area contributed by atoms with E-state index in [-0.39, 0.29) is 11.8 Å². The first-order chi connectivity index (χ1) is 8.95. The van der Waals surface area contributed by atoms with Crippen LogP contribution in [0.2, 0.25) is 0 Å². The van der Waals surface area contributed by atoms with Gasteiger partial charge in [0, 0.05) is 32.6 Å². The molecule has 2 amide bonds. The van der Waals surface area contributed by atoms with Gasteiger partial charge in [0.25, 0.3) is 0 Å². The molecule has 110 valence electrons. The summed E-state index contributed by atoms with van der Waals surface area (Å²) >= 11 is 0. The molecule has 0 saturated carbocycles. The predicted molar refractivity (Wildman–Crippen MR) is 75.5 cm³/mol. The monoisotopic (exact) mass is 269 g/mol. The first-order valence-corrected chi connectivity index (χ1v) is 7.27. The maximum absolute atomic E-state index is 12.2. The number of nitrogens with two attached hydrogens (primary N) is 1. The lowest BCUT2D eigenvalue weighted by Gasteiger charge is -2.25. The van der Waals surface area contributed by atoms with E-state index in [9.17, 15) is 9.59 Å². The lowest BCUT2D eigenvalue weighted by Crippen LogP contribution is -2.46. The Morgan fingerprint density at radius 3 is 2.26 bits per heavy atom. The zero-order chi connectivity index (χ0) is 14.4. The minimum Gasteiger partial charge on any atom is -0.341 e. The van der Waals surface area contributed by atoms with Gasteiger partial charge < -0.3 is 15.5 Å². The van der Waals surface area contributed by atoms with Crippen molar-refractivity contribution in [2.45, 2.75) is 46.1 Å². The van der Waals surface area contributed by atoms with Crippen LogP contribution in [0.3, 0.4) is 0 Å². The van der Waals surface area contributed by atoms with Crippen molar-refractivity contribution in [2.75, 3.05) is 26.2 Å². The summed E-state index contributed by atoms with van der Waals surface area (Å²) in [6, 6.07) is -0.409. The van der Waals surface area contributed by atoms with Crippen LogP contribution in [-0.2, 0) is 9.59 Å². The number of rotatable bonds is 4. The molecule has 1 atom stereocenters. The molecule has 5 nitrogen and oxygen atoms in total. The first-order valence-electron chi connectivity index (χ1n) is 7.27. The van der Waals surface area contributed by atoms with Crippen molar-refractivity contribution in [1.82, 2.24) is 9.80 Å². The minimum absolute atomic E-state index is 0.0273. The van der Waals surface area contributed by atoms with Crippen LogP contribution in [0.4, 0.5) is 0 Å². The maximum Gasteiger partial charge on any atom is 0.239 e. The molecule has 19 heavy (non-hydrogen) atoms. The van der Waals surface area contributed by atoms with Crippen LogP contribution in [0.1, 0.15) is 40.0 Å². The summed E-state index contributed by atoms with van der Waals surface area (Å²) in [4.78, 5) is 27.6. The molecule has 0 spiro atoms. The Balaban J connectivity index is 2.52. The van der Waals surface area contributed by atoms with E-state index in [1.54, 1.807) is 0 Å². The average Bonchev–Trinajstić information content (AvgIpc) is 2.61. The molecule has 0 radical (unpaired) electrons. The van der Waals surface area contributed by atoms with E-state index < -0.39 is 6.04 Å². The smallest absolute Gasteiger partial charge is 0.239 e. The van der Waals surface area contributed by atoms with Crippen molar-refractivity contribution >= 4 is 11.8 Å². The third-order valence-electron chi connectivity index (χ3n) is 3.51. The van der Waals surface area contributed by atoms with Gasteiger partial charge in [0.05, 0.1) is 6.04 Å². The summed E-state index contributed by atoms with van der Waals surface area (Å²) in [5.41, 5.74) is 5.95. The second-order valence-electron chi connectivity index (χ2n) is 5.65. The van der Waals surface area contributed by atoms with Gasteiger partial charge in [-0.15, -0.1) is 0 Å². The van der Waals surface area contributed by atoms with E-state index in [0.717, 1.165) is 13.0 Å². The second kappa shape index (κ2) is 7.48. The van der Waals surface area contributed by atoms with Crippen LogP contribution in [0.5, 0.6) is 0 Å². The zero-order valence-corrected chi connectivity index (χ0v) is 12.4. The summed E-state index contributed by atoms with van der Waals surface area (Å²) in [6.07, 6.45) is 2.08. The van der Waals surface area contributed by atoms with Crippen LogP contribution >= 0.6 is 0 Å². The number of carbonyl (C=O) groups excluding carboxylic acids is 2. The molecular formula is C14H27N3O2. The Morgan fingerprint density at radius 2 is 1.68 bits per heavy atom. The molecule has 1 rings (SSSR count). The Morgan fingerprint density at radius 1 is 1.11 bits per heavy atom. The van der Waals surface area contributed by atoms with E-state index in [0.29, 0.717) is 38.4 Å². The molecule has 1 heterocycles. The van der Waals surface area contributed by atoms with Crippen molar-refractivity contribution in [3.05, 3.63) is 0 Å². The molecule has 1 aliphatic rings. The topological polar surface area (TPSA) is 66.6 Å². The van der Waals surface area contributed by atoms with Gasteiger partial charge in [-0.25, -0.2) is 0 Å². The highest BCUT2D eigenvalue weighted by atomic mass is 16.2. The molecule has 2 N–H and O–H groups in total. The number of amides is 2. The van der Waals surface area contributed by atoms with Crippen molar-refractivity contribution in [3.63, 3.8) is 0 Å². The third-order valence-corrected chi connectivity index (χ3v) is 3.51. The molecule has 0 aromatic rings. The minimum atomic E-state index is -0.409. The summed E-state index contributed by atoms with van der Waals surface area (Å²) < 4.78 is 0. The van der Waals surface area contributed by atoms with Crippen LogP contribution < -0.4 is 5.73 Å². The number of carbonyl (C=O) groups is 2. The summed E-state index contributed by atoms with van der Waals surface area (Å²) in [7, 11) is 0. The Kier molecular flexibility index (Phi) is 6.28. The molecule has 1 aliphatic heterocycles. The highest BCUT2D eigenvalue weighted by molar-refractivity contribution is 5.82. The molecule has 0 aliphatic carbocycles. The fraction of sp³-hybridized carbons (Fsp3) is 0.857. The van der Waals surface area contributed by atoms with E-state index in [1.165, 1.54) is 0 Å². The molecule has 0 bridgehead atoms. The van der Waals surface area contributed by atoms with Crippen molar-refractivity contribution < 1.29 is 9.59 Å². The van der Waals surface area contributed by atoms with E-state index in [1.807, 2.05) is 16.7 Å². The van der Waals surface area contributed by atoms with Gasteiger partial charge in [0.1, 0.15) is 0 Å². The number of hydrogen-bond donors (Lipinski definition) is 1. The third kappa shape index (κ3) is 4.82. The average molecular weight is 269 g/mol. The lowest BCUT2D eigenvalue weighted by molar-refractivity contribution is -0.134. The fourth-order valence-electron chi connectivity index (χ4n) is 2.45. The van der Waals surface area contributed by atoms with Crippen LogP contribution in [0, 0.1) is 5.92 Å². The van der Waals surface area contributed by atoms with E-state index in [2.05, 4.69) is 13.8 Å². The molecule has 0 aromatic carbocycles. The Bertz CT molecular complexity index is 318. The second-order valence-corrected chi connectivity index (χ2v) is 5.65. The predicted octanol–water partition coefficient (Wildman–Crippen LogP) is 0.831. The standard InChI is InChI=1S/C14H27N3O2/c1-4-13(18)16-6-5-7-17(9-8-16)14(19)12(15)10-11(2)3/h11-12H,4-10,15H2,1-3H3/t12-/m1/s1. The maximum atomic E-state index is 12.2. The highest BCUT2D eigenvalue weighted by Crippen LogP contribution is 2.09. The number of hydrogen-bond acceptors (Lipinski definition) is 3. The van der Waals surface area contributed by atoms with Gasteiger partial charge in [-0.2, -0.15) is 0 Å². The van der Waals surface area contributed by atoms with Gasteiger partial charge in [0.2, 0.25) is 11.8 Å². The molecular weight excluding hydrogens is 242 g/mol. The van der Waals surface area contributed by atoms with Gasteiger partial charge >= 0.3 is 0 Å². The van der Waals surface area contributed by atoms with Crippen molar-refractivity contribution in [2.24, 2.45) is 11.7 Å². The quantitative estimate of drug-likeness (QED) is 0.822. The van der Waals surface area contributed by atoms with Crippen LogP contribution in [0.15, 0.2) is 0 Å². The summed E-state index contributed by atoms with van der Waals surface area (Å²) in [6.45, 7) is 8.69. The normalized spacial score (nSPS) is 18.4. The van der Waals surface area contributed by atoms with Crippen molar-refractivity contribution in [3.8, 4) is 0 Å². The Hall–Kier alpha value is -1.10. The van der Waals surface area contributed by atoms with Gasteiger partial charge in [-0.05, 0) is 18.8 Å². The molecule has 5 heteroatoms. The van der Waals surface area contributed by atoms with Gasteiger partial charge in [0.15, 0.2) is 0 Å². The fourth-order valence-corrected chi connectivity index (χ4v) is 2.45. The molecule has 1 saturated heterocycles. The van der Waals surface area contributed by atoms with E-state index >= 15 is 0 Å². The largest absolute Gasteiger partial charge is 0.341 e. The highest BCUT2D eigenvalue weighted by Gasteiger charge is 2.25. The summed E-state index contributed by atoms with van der Waals surface area (Å²) in [5, 5.41) is 0. The molecule has 0 aromatic heterocycles. The summed E-state index contributed by atoms with van der Waals surface area (Å²) in [5.74, 6) is 0.615. The van der Waals surface area contributed by atoms with Crippen LogP contribution in [0.25, 0.3) is 0 Å². The first kappa shape index (κ1) is 16.0. The Labute approximate surface area is 116 Å². The van der Waals surface area contributed by atoms with Crippen molar-refractivity contribution in [1.29, 1.82) is 0 Å². The van der Waals surface area contributed by atoms with E-state index in [4.69, 9.17) is 5.73 Å². The van der Waals surface area contributed by atoms with Crippen LogP contribution in [-0.4, -0.2) is 53.8 Å². The SMILES string of the molecule is CCC(=O)N1CCCN(C(=O)[C@H](N)CC(C)C)CC1. The number of nitrogens with zero attached hydrogens (tertiary/aromatic N) is 2.